The van der Waals surface area contributed by atoms with Crippen LogP contribution in [-0.4, -0.2) is 3.92 Å². The Kier molecular flexibility index (Phi) is 3.46. The van der Waals surface area contributed by atoms with Crippen LogP contribution in [0.3, 0.4) is 0 Å². The molecule has 0 amide bonds. The Bertz CT molecular complexity index is 156. The van der Waals surface area contributed by atoms with Gasteiger partial charge in [0, 0.05) is 3.92 Å². The van der Waals surface area contributed by atoms with Crippen LogP contribution in [0.25, 0.3) is 0 Å². The van der Waals surface area contributed by atoms with Crippen LogP contribution in [0.5, 0.6) is 0 Å². The summed E-state index contributed by atoms with van der Waals surface area (Å²) >= 11 is 2.51. The Morgan fingerprint density at radius 1 is 1.60 bits per heavy atom. The van der Waals surface area contributed by atoms with Crippen LogP contribution in [0.1, 0.15) is 26.2 Å². The third-order valence-corrected chi connectivity index (χ3v) is 3.34. The summed E-state index contributed by atoms with van der Waals surface area (Å²) in [6.07, 6.45) is 10.6. The first-order valence-electron chi connectivity index (χ1n) is 3.85. The highest BCUT2D eigenvalue weighted by Crippen LogP contribution is 2.21. The second-order valence-corrected chi connectivity index (χ2v) is 4.06. The van der Waals surface area contributed by atoms with Crippen molar-refractivity contribution in [3.05, 3.63) is 23.8 Å². The van der Waals surface area contributed by atoms with E-state index in [9.17, 15) is 0 Å². The van der Waals surface area contributed by atoms with Gasteiger partial charge in [0.25, 0.3) is 0 Å². The molecule has 0 N–H and O–H groups in total. The predicted molar refractivity (Wildman–Crippen MR) is 54.6 cm³/mol. The van der Waals surface area contributed by atoms with E-state index in [1.165, 1.54) is 24.8 Å². The van der Waals surface area contributed by atoms with Crippen molar-refractivity contribution in [2.24, 2.45) is 0 Å². The van der Waals surface area contributed by atoms with Gasteiger partial charge in [0.15, 0.2) is 0 Å². The van der Waals surface area contributed by atoms with E-state index < -0.39 is 0 Å². The highest BCUT2D eigenvalue weighted by Gasteiger charge is 2.05. The lowest BCUT2D eigenvalue weighted by Gasteiger charge is -2.10. The Morgan fingerprint density at radius 3 is 2.90 bits per heavy atom. The molecule has 1 heteroatoms. The van der Waals surface area contributed by atoms with Gasteiger partial charge in [-0.1, -0.05) is 47.7 Å². The summed E-state index contributed by atoms with van der Waals surface area (Å²) in [5.74, 6) is 0. The van der Waals surface area contributed by atoms with Gasteiger partial charge in [-0.2, -0.15) is 0 Å². The van der Waals surface area contributed by atoms with E-state index in [-0.39, 0.29) is 0 Å². The van der Waals surface area contributed by atoms with Gasteiger partial charge < -0.3 is 0 Å². The normalized spacial score (nSPS) is 20.4. The van der Waals surface area contributed by atoms with Crippen LogP contribution >= 0.6 is 22.6 Å². The first-order chi connectivity index (χ1) is 4.84. The Labute approximate surface area is 76.5 Å². The van der Waals surface area contributed by atoms with Gasteiger partial charge in [0.2, 0.25) is 0 Å². The van der Waals surface area contributed by atoms with E-state index in [4.69, 9.17) is 0 Å². The molecular formula is C9H13I. The number of rotatable bonds is 2. The van der Waals surface area contributed by atoms with E-state index in [1.54, 1.807) is 0 Å². The van der Waals surface area contributed by atoms with Gasteiger partial charge in [-0.25, -0.2) is 0 Å². The summed E-state index contributed by atoms with van der Waals surface area (Å²) in [5.41, 5.74) is 1.52. The minimum atomic E-state index is 0.731. The number of hydrogen-bond donors (Lipinski definition) is 0. The molecule has 0 heterocycles. The molecule has 0 saturated heterocycles. The lowest BCUT2D eigenvalue weighted by molar-refractivity contribution is 0.931. The minimum Gasteiger partial charge on any atom is -0.0839 e. The smallest absolute Gasteiger partial charge is 0.0353 e. The molecule has 0 radical (unpaired) electrons. The monoisotopic (exact) mass is 248 g/mol. The maximum atomic E-state index is 2.51. The first kappa shape index (κ1) is 8.31. The van der Waals surface area contributed by atoms with Crippen LogP contribution in [0.2, 0.25) is 0 Å². The standard InChI is InChI=1S/C9H13I/c1-2-9(10)8-6-4-3-5-7-8/h4,6-7,9H,2-3,5H2,1H3. The van der Waals surface area contributed by atoms with Gasteiger partial charge in [-0.05, 0) is 24.8 Å². The summed E-state index contributed by atoms with van der Waals surface area (Å²) < 4.78 is 0.731. The van der Waals surface area contributed by atoms with Crippen molar-refractivity contribution in [2.45, 2.75) is 30.1 Å². The highest BCUT2D eigenvalue weighted by atomic mass is 127. The molecule has 0 aromatic carbocycles. The molecule has 1 atom stereocenters. The summed E-state index contributed by atoms with van der Waals surface area (Å²) in [6, 6.07) is 0. The predicted octanol–water partition coefficient (Wildman–Crippen LogP) is 3.48. The van der Waals surface area contributed by atoms with Crippen molar-refractivity contribution in [2.75, 3.05) is 0 Å². The van der Waals surface area contributed by atoms with Crippen molar-refractivity contribution < 1.29 is 0 Å². The summed E-state index contributed by atoms with van der Waals surface area (Å²) in [5, 5.41) is 0. The molecule has 0 aliphatic heterocycles. The maximum Gasteiger partial charge on any atom is 0.0353 e. The van der Waals surface area contributed by atoms with Gasteiger partial charge in [0.05, 0.1) is 0 Å². The fraction of sp³-hybridized carbons (Fsp3) is 0.556. The topological polar surface area (TPSA) is 0 Å². The molecular weight excluding hydrogens is 235 g/mol. The second-order valence-electron chi connectivity index (χ2n) is 2.56. The van der Waals surface area contributed by atoms with E-state index >= 15 is 0 Å². The zero-order valence-electron chi connectivity index (χ0n) is 6.31. The lowest BCUT2D eigenvalue weighted by atomic mass is 10.0. The van der Waals surface area contributed by atoms with Crippen LogP contribution in [-0.2, 0) is 0 Å². The lowest BCUT2D eigenvalue weighted by Crippen LogP contribution is -1.99. The van der Waals surface area contributed by atoms with E-state index in [2.05, 4.69) is 47.7 Å². The molecule has 0 spiro atoms. The maximum absolute atomic E-state index is 2.51. The molecule has 1 rings (SSSR count). The first-order valence-corrected chi connectivity index (χ1v) is 5.10. The van der Waals surface area contributed by atoms with E-state index in [0.29, 0.717) is 0 Å². The summed E-state index contributed by atoms with van der Waals surface area (Å²) in [6.45, 7) is 2.24. The zero-order chi connectivity index (χ0) is 7.40. The molecule has 0 fully saturated rings. The molecule has 10 heavy (non-hydrogen) atoms. The quantitative estimate of drug-likeness (QED) is 0.518. The van der Waals surface area contributed by atoms with E-state index in [0.717, 1.165) is 3.92 Å². The third kappa shape index (κ3) is 2.11. The Morgan fingerprint density at radius 2 is 2.40 bits per heavy atom. The highest BCUT2D eigenvalue weighted by molar-refractivity contribution is 14.1. The Hall–Kier alpha value is 0.210. The van der Waals surface area contributed by atoms with Crippen molar-refractivity contribution in [3.63, 3.8) is 0 Å². The second kappa shape index (κ2) is 4.16. The van der Waals surface area contributed by atoms with Gasteiger partial charge >= 0.3 is 0 Å². The van der Waals surface area contributed by atoms with Crippen molar-refractivity contribution in [3.8, 4) is 0 Å². The molecule has 1 aliphatic carbocycles. The summed E-state index contributed by atoms with van der Waals surface area (Å²) in [4.78, 5) is 0. The molecule has 56 valence electrons. The zero-order valence-corrected chi connectivity index (χ0v) is 8.47. The molecule has 1 aliphatic rings. The molecule has 1 unspecified atom stereocenters. The SMILES string of the molecule is CCC(I)C1=CCCC=C1. The number of allylic oxidation sites excluding steroid dienone is 4. The number of hydrogen-bond acceptors (Lipinski definition) is 0. The molecule has 0 nitrogen and oxygen atoms in total. The average Bonchev–Trinajstić information content (AvgIpc) is 2.05. The molecule has 0 bridgehead atoms. The van der Waals surface area contributed by atoms with Crippen molar-refractivity contribution >= 4 is 22.6 Å². The van der Waals surface area contributed by atoms with Crippen LogP contribution in [0, 0.1) is 0 Å². The van der Waals surface area contributed by atoms with Crippen LogP contribution in [0.4, 0.5) is 0 Å². The van der Waals surface area contributed by atoms with Gasteiger partial charge in [0.1, 0.15) is 0 Å². The minimum absolute atomic E-state index is 0.731. The van der Waals surface area contributed by atoms with Crippen molar-refractivity contribution in [1.29, 1.82) is 0 Å². The van der Waals surface area contributed by atoms with Crippen LogP contribution < -0.4 is 0 Å². The summed E-state index contributed by atoms with van der Waals surface area (Å²) in [7, 11) is 0. The number of halogens is 1. The van der Waals surface area contributed by atoms with E-state index in [1.807, 2.05) is 0 Å². The molecule has 0 saturated carbocycles. The Balaban J connectivity index is 2.54. The average molecular weight is 248 g/mol. The fourth-order valence-electron chi connectivity index (χ4n) is 1.10. The van der Waals surface area contributed by atoms with Crippen LogP contribution in [0.15, 0.2) is 23.8 Å². The van der Waals surface area contributed by atoms with Crippen molar-refractivity contribution in [1.82, 2.24) is 0 Å². The fourth-order valence-corrected chi connectivity index (χ4v) is 1.56. The van der Waals surface area contributed by atoms with Gasteiger partial charge in [-0.3, -0.25) is 0 Å². The molecule has 0 aromatic rings. The largest absolute Gasteiger partial charge is 0.0839 e. The van der Waals surface area contributed by atoms with Gasteiger partial charge in [-0.15, -0.1) is 0 Å². The molecule has 0 aromatic heterocycles. The third-order valence-electron chi connectivity index (χ3n) is 1.74. The number of alkyl halides is 1.